The van der Waals surface area contributed by atoms with Gasteiger partial charge in [0, 0.05) is 0 Å². The van der Waals surface area contributed by atoms with E-state index in [1.165, 1.54) is 12.1 Å². The largest absolute Gasteiger partial charge is 0.504 e. The van der Waals surface area contributed by atoms with E-state index in [4.69, 9.17) is 18.9 Å². The van der Waals surface area contributed by atoms with Crippen molar-refractivity contribution in [3.05, 3.63) is 24.3 Å². The molecule has 2 heterocycles. The Hall–Kier alpha value is -1.54. The normalized spacial score (nSPS) is 41.6. The summed E-state index contributed by atoms with van der Waals surface area (Å²) in [4.78, 5) is 0. The third-order valence-corrected chi connectivity index (χ3v) is 4.66. The molecule has 11 heteroatoms. The van der Waals surface area contributed by atoms with Crippen LogP contribution in [-0.4, -0.2) is 104 Å². The lowest BCUT2D eigenvalue weighted by atomic mass is 9.99. The first-order chi connectivity index (χ1) is 13.3. The number of phenolic OH excluding ortho intramolecular Hbond substituents is 1. The second-order valence-corrected chi connectivity index (χ2v) is 6.68. The first kappa shape index (κ1) is 21.2. The Morgan fingerprint density at radius 1 is 0.857 bits per heavy atom. The number of aliphatic hydroxyl groups excluding tert-OH is 6. The number of aromatic hydroxyl groups is 1. The lowest BCUT2D eigenvalue weighted by molar-refractivity contribution is -0.307. The SMILES string of the molecule is Oc1ccccc1O[C@@H]1O[C@H](CO[C@@H]2OC[C@H](O)[C@H](O)[C@H]2O)[C@@H](O)[C@H](O)[C@H]1O. The van der Waals surface area contributed by atoms with Gasteiger partial charge in [0.05, 0.1) is 13.2 Å². The summed E-state index contributed by atoms with van der Waals surface area (Å²) < 4.78 is 21.2. The van der Waals surface area contributed by atoms with Crippen molar-refractivity contribution in [3.63, 3.8) is 0 Å². The van der Waals surface area contributed by atoms with Crippen LogP contribution in [-0.2, 0) is 14.2 Å². The molecule has 0 amide bonds. The Bertz CT molecular complexity index is 643. The number of ether oxygens (including phenoxy) is 4. The number of benzene rings is 1. The lowest BCUT2D eigenvalue weighted by Crippen LogP contribution is -2.61. The molecule has 0 aliphatic carbocycles. The maximum Gasteiger partial charge on any atom is 0.229 e. The Morgan fingerprint density at radius 3 is 2.25 bits per heavy atom. The van der Waals surface area contributed by atoms with Crippen molar-refractivity contribution in [3.8, 4) is 11.5 Å². The summed E-state index contributed by atoms with van der Waals surface area (Å²) >= 11 is 0. The average Bonchev–Trinajstić information content (AvgIpc) is 2.68. The zero-order valence-corrected chi connectivity index (χ0v) is 14.7. The van der Waals surface area contributed by atoms with E-state index in [1.807, 2.05) is 0 Å². The number of para-hydroxylation sites is 2. The number of rotatable bonds is 5. The first-order valence-electron chi connectivity index (χ1n) is 8.71. The molecule has 158 valence electrons. The minimum Gasteiger partial charge on any atom is -0.504 e. The van der Waals surface area contributed by atoms with Crippen LogP contribution in [0.1, 0.15) is 0 Å². The summed E-state index contributed by atoms with van der Waals surface area (Å²) in [5.74, 6) is -0.212. The topological polar surface area (TPSA) is 179 Å². The van der Waals surface area contributed by atoms with Crippen LogP contribution < -0.4 is 4.74 Å². The van der Waals surface area contributed by atoms with Crippen LogP contribution in [0.15, 0.2) is 24.3 Å². The molecule has 1 aromatic carbocycles. The van der Waals surface area contributed by atoms with Crippen LogP contribution in [0.4, 0.5) is 0 Å². The number of hydrogen-bond acceptors (Lipinski definition) is 11. The van der Waals surface area contributed by atoms with Gasteiger partial charge in [0.25, 0.3) is 0 Å². The van der Waals surface area contributed by atoms with Crippen LogP contribution in [0.2, 0.25) is 0 Å². The highest BCUT2D eigenvalue weighted by atomic mass is 16.7. The summed E-state index contributed by atoms with van der Waals surface area (Å²) in [6, 6.07) is 5.93. The van der Waals surface area contributed by atoms with Crippen LogP contribution in [0.5, 0.6) is 11.5 Å². The Labute approximate surface area is 159 Å². The lowest BCUT2D eigenvalue weighted by Gasteiger charge is -2.41. The molecule has 2 aliphatic heterocycles. The predicted octanol–water partition coefficient (Wildman–Crippen LogP) is -2.97. The van der Waals surface area contributed by atoms with Gasteiger partial charge in [-0.05, 0) is 12.1 Å². The highest BCUT2D eigenvalue weighted by Crippen LogP contribution is 2.30. The zero-order chi connectivity index (χ0) is 20.4. The smallest absolute Gasteiger partial charge is 0.229 e. The minimum atomic E-state index is -1.64. The highest BCUT2D eigenvalue weighted by molar-refractivity contribution is 5.38. The van der Waals surface area contributed by atoms with Gasteiger partial charge in [-0.3, -0.25) is 0 Å². The van der Waals surface area contributed by atoms with E-state index in [2.05, 4.69) is 0 Å². The van der Waals surface area contributed by atoms with Crippen molar-refractivity contribution in [2.45, 2.75) is 55.3 Å². The molecule has 2 saturated heterocycles. The van der Waals surface area contributed by atoms with E-state index in [0.29, 0.717) is 0 Å². The highest BCUT2D eigenvalue weighted by Gasteiger charge is 2.46. The molecule has 0 spiro atoms. The van der Waals surface area contributed by atoms with Gasteiger partial charge in [0.15, 0.2) is 17.8 Å². The Morgan fingerprint density at radius 2 is 1.54 bits per heavy atom. The Kier molecular flexibility index (Phi) is 6.70. The van der Waals surface area contributed by atoms with Crippen LogP contribution in [0.25, 0.3) is 0 Å². The molecule has 7 N–H and O–H groups in total. The van der Waals surface area contributed by atoms with Gasteiger partial charge in [0.2, 0.25) is 6.29 Å². The van der Waals surface area contributed by atoms with Gasteiger partial charge in [-0.25, -0.2) is 0 Å². The summed E-state index contributed by atoms with van der Waals surface area (Å²) in [6.07, 6.45) is -13.0. The van der Waals surface area contributed by atoms with E-state index < -0.39 is 61.9 Å². The molecule has 0 aromatic heterocycles. The molecule has 2 aliphatic rings. The Balaban J connectivity index is 1.63. The number of hydrogen-bond donors (Lipinski definition) is 7. The number of aliphatic hydroxyl groups is 6. The maximum atomic E-state index is 10.1. The van der Waals surface area contributed by atoms with Gasteiger partial charge in [-0.1, -0.05) is 12.1 Å². The summed E-state index contributed by atoms with van der Waals surface area (Å²) in [6.45, 7) is -0.659. The molecule has 0 unspecified atom stereocenters. The first-order valence-corrected chi connectivity index (χ1v) is 8.71. The third kappa shape index (κ3) is 4.38. The molecule has 11 nitrogen and oxygen atoms in total. The molecule has 0 bridgehead atoms. The second kappa shape index (κ2) is 8.86. The van der Waals surface area contributed by atoms with Crippen molar-refractivity contribution in [2.75, 3.05) is 13.2 Å². The number of phenols is 1. The van der Waals surface area contributed by atoms with E-state index in [1.54, 1.807) is 12.1 Å². The molecular formula is C17H24O11. The van der Waals surface area contributed by atoms with Crippen molar-refractivity contribution in [1.29, 1.82) is 0 Å². The average molecular weight is 404 g/mol. The monoisotopic (exact) mass is 404 g/mol. The summed E-state index contributed by atoms with van der Waals surface area (Å²) in [5, 5.41) is 69.0. The van der Waals surface area contributed by atoms with Crippen molar-refractivity contribution in [1.82, 2.24) is 0 Å². The van der Waals surface area contributed by atoms with Gasteiger partial charge in [-0.15, -0.1) is 0 Å². The molecule has 2 fully saturated rings. The third-order valence-electron chi connectivity index (χ3n) is 4.66. The molecule has 0 radical (unpaired) electrons. The van der Waals surface area contributed by atoms with Crippen molar-refractivity contribution < 1.29 is 54.7 Å². The fourth-order valence-corrected chi connectivity index (χ4v) is 2.95. The molecule has 3 rings (SSSR count). The van der Waals surface area contributed by atoms with E-state index in [-0.39, 0.29) is 18.1 Å². The molecule has 1 aromatic rings. The fourth-order valence-electron chi connectivity index (χ4n) is 2.95. The summed E-state index contributed by atoms with van der Waals surface area (Å²) in [7, 11) is 0. The van der Waals surface area contributed by atoms with Gasteiger partial charge in [-0.2, -0.15) is 0 Å². The molecule has 0 saturated carbocycles. The van der Waals surface area contributed by atoms with Crippen molar-refractivity contribution in [2.24, 2.45) is 0 Å². The van der Waals surface area contributed by atoms with Crippen molar-refractivity contribution >= 4 is 0 Å². The van der Waals surface area contributed by atoms with E-state index in [9.17, 15) is 35.7 Å². The van der Waals surface area contributed by atoms with E-state index in [0.717, 1.165) is 0 Å². The van der Waals surface area contributed by atoms with Gasteiger partial charge in [0.1, 0.15) is 42.7 Å². The van der Waals surface area contributed by atoms with Gasteiger partial charge < -0.3 is 54.7 Å². The zero-order valence-electron chi connectivity index (χ0n) is 14.7. The predicted molar refractivity (Wildman–Crippen MR) is 89.1 cm³/mol. The fraction of sp³-hybridized carbons (Fsp3) is 0.647. The standard InChI is InChI=1S/C17H24O11/c18-7-3-1-2-4-9(7)27-17-15(24)13(22)12(21)10(28-17)6-26-16-14(23)11(20)8(19)5-25-16/h1-4,8,10-24H,5-6H2/t8-,10+,11-,12+,13-,14+,15+,16-,17+/m0/s1. The molecular weight excluding hydrogens is 380 g/mol. The van der Waals surface area contributed by atoms with E-state index >= 15 is 0 Å². The minimum absolute atomic E-state index is 0.00189. The van der Waals surface area contributed by atoms with Crippen LogP contribution >= 0.6 is 0 Å². The summed E-state index contributed by atoms with van der Waals surface area (Å²) in [5.41, 5.74) is 0. The van der Waals surface area contributed by atoms with Crippen LogP contribution in [0, 0.1) is 0 Å². The second-order valence-electron chi connectivity index (χ2n) is 6.68. The molecule has 9 atom stereocenters. The van der Waals surface area contributed by atoms with Gasteiger partial charge >= 0.3 is 0 Å². The van der Waals surface area contributed by atoms with Crippen LogP contribution in [0.3, 0.4) is 0 Å². The quantitative estimate of drug-likeness (QED) is 0.266. The molecule has 28 heavy (non-hydrogen) atoms. The maximum absolute atomic E-state index is 10.1.